The van der Waals surface area contributed by atoms with E-state index in [4.69, 9.17) is 0 Å². The normalized spacial score (nSPS) is 22.8. The fourth-order valence-electron chi connectivity index (χ4n) is 3.25. The fourth-order valence-corrected chi connectivity index (χ4v) is 3.25. The van der Waals surface area contributed by atoms with Crippen LogP contribution in [0.4, 0.5) is 0 Å². The van der Waals surface area contributed by atoms with Gasteiger partial charge in [-0.05, 0) is 19.1 Å². The zero-order valence-corrected chi connectivity index (χ0v) is 12.6. The molecule has 2 aromatic rings. The van der Waals surface area contributed by atoms with Gasteiger partial charge in [-0.15, -0.1) is 0 Å². The first kappa shape index (κ1) is 14.2. The summed E-state index contributed by atoms with van der Waals surface area (Å²) in [6, 6.07) is 6.01. The molecule has 3 heterocycles. The molecule has 1 aliphatic rings. The number of aryl methyl sites for hydroxylation is 2. The van der Waals surface area contributed by atoms with Gasteiger partial charge < -0.3 is 5.11 Å². The molecule has 2 aromatic heterocycles. The highest BCUT2D eigenvalue weighted by Gasteiger charge is 2.34. The lowest BCUT2D eigenvalue weighted by Crippen LogP contribution is -2.21. The Balaban J connectivity index is 1.74. The van der Waals surface area contributed by atoms with Crippen LogP contribution in [0.2, 0.25) is 0 Å². The molecule has 3 rings (SSSR count). The number of likely N-dealkylation sites (tertiary alicyclic amines) is 1. The van der Waals surface area contributed by atoms with Gasteiger partial charge in [0.25, 0.3) is 0 Å². The summed E-state index contributed by atoms with van der Waals surface area (Å²) in [6.07, 6.45) is 3.91. The van der Waals surface area contributed by atoms with E-state index in [0.29, 0.717) is 5.92 Å². The molecule has 21 heavy (non-hydrogen) atoms. The first-order valence-electron chi connectivity index (χ1n) is 7.40. The molecule has 0 unspecified atom stereocenters. The van der Waals surface area contributed by atoms with Gasteiger partial charge in [0.05, 0.1) is 5.69 Å². The third kappa shape index (κ3) is 2.99. The quantitative estimate of drug-likeness (QED) is 0.921. The summed E-state index contributed by atoms with van der Waals surface area (Å²) >= 11 is 0. The summed E-state index contributed by atoms with van der Waals surface area (Å²) in [7, 11) is 1.95. The van der Waals surface area contributed by atoms with Gasteiger partial charge in [0.1, 0.15) is 0 Å². The minimum atomic E-state index is 0.212. The van der Waals surface area contributed by atoms with Crippen molar-refractivity contribution in [1.82, 2.24) is 19.7 Å². The summed E-state index contributed by atoms with van der Waals surface area (Å²) < 4.78 is 1.86. The molecular weight excluding hydrogens is 264 g/mol. The van der Waals surface area contributed by atoms with Gasteiger partial charge >= 0.3 is 0 Å². The van der Waals surface area contributed by atoms with Gasteiger partial charge in [0.15, 0.2) is 0 Å². The van der Waals surface area contributed by atoms with Gasteiger partial charge in [0, 0.05) is 68.8 Å². The highest BCUT2D eigenvalue weighted by atomic mass is 16.3. The molecule has 1 saturated heterocycles. The van der Waals surface area contributed by atoms with E-state index >= 15 is 0 Å². The van der Waals surface area contributed by atoms with Crippen LogP contribution in [0.15, 0.2) is 30.6 Å². The van der Waals surface area contributed by atoms with Crippen molar-refractivity contribution >= 4 is 0 Å². The highest BCUT2D eigenvalue weighted by Crippen LogP contribution is 2.32. The first-order valence-corrected chi connectivity index (χ1v) is 7.40. The number of aromatic nitrogens is 3. The molecule has 0 spiro atoms. The number of hydrogen-bond acceptors (Lipinski definition) is 4. The summed E-state index contributed by atoms with van der Waals surface area (Å²) in [4.78, 5) is 6.86. The van der Waals surface area contributed by atoms with Crippen LogP contribution in [-0.2, 0) is 13.6 Å². The second kappa shape index (κ2) is 5.95. The summed E-state index contributed by atoms with van der Waals surface area (Å²) in [6.45, 7) is 5.00. The topological polar surface area (TPSA) is 54.2 Å². The maximum absolute atomic E-state index is 9.67. The lowest BCUT2D eigenvalue weighted by Gasteiger charge is -2.15. The zero-order valence-electron chi connectivity index (χ0n) is 12.6. The van der Waals surface area contributed by atoms with Crippen LogP contribution in [0, 0.1) is 12.8 Å². The standard InChI is InChI=1S/C16H22N4O/c1-12-13(7-19(2)18-12)8-20-9-14(11-21)15(10-20)16-5-3-4-6-17-16/h3-7,14-15,21H,8-11H2,1-2H3/t14-,15+/m0/s1. The maximum Gasteiger partial charge on any atom is 0.0638 e. The Bertz CT molecular complexity index is 596. The van der Waals surface area contributed by atoms with Gasteiger partial charge in [-0.1, -0.05) is 6.07 Å². The largest absolute Gasteiger partial charge is 0.396 e. The van der Waals surface area contributed by atoms with Crippen molar-refractivity contribution in [2.24, 2.45) is 13.0 Å². The van der Waals surface area contributed by atoms with Gasteiger partial charge in [-0.25, -0.2) is 0 Å². The number of rotatable bonds is 4. The fraction of sp³-hybridized carbons (Fsp3) is 0.500. The Kier molecular flexibility index (Phi) is 4.03. The molecule has 0 aliphatic carbocycles. The van der Waals surface area contributed by atoms with E-state index in [1.54, 1.807) is 0 Å². The second-order valence-corrected chi connectivity index (χ2v) is 5.91. The molecular formula is C16H22N4O. The summed E-state index contributed by atoms with van der Waals surface area (Å²) in [5.41, 5.74) is 3.43. The summed E-state index contributed by atoms with van der Waals surface area (Å²) in [5, 5.41) is 14.1. The van der Waals surface area contributed by atoms with Crippen LogP contribution in [0.1, 0.15) is 22.9 Å². The molecule has 0 bridgehead atoms. The van der Waals surface area contributed by atoms with E-state index in [1.165, 1.54) is 5.56 Å². The first-order chi connectivity index (χ1) is 10.2. The lowest BCUT2D eigenvalue weighted by atomic mass is 9.93. The number of aliphatic hydroxyl groups excluding tert-OH is 1. The Morgan fingerprint density at radius 2 is 2.19 bits per heavy atom. The van der Waals surface area contributed by atoms with E-state index in [-0.39, 0.29) is 12.5 Å². The SMILES string of the molecule is Cc1nn(C)cc1CN1C[C@@H](CO)[C@H](c2ccccn2)C1. The molecule has 5 nitrogen and oxygen atoms in total. The van der Waals surface area contributed by atoms with Crippen molar-refractivity contribution in [2.75, 3.05) is 19.7 Å². The Labute approximate surface area is 125 Å². The molecule has 0 aromatic carbocycles. The van der Waals surface area contributed by atoms with Crippen LogP contribution in [-0.4, -0.2) is 44.5 Å². The average molecular weight is 286 g/mol. The number of pyridine rings is 1. The van der Waals surface area contributed by atoms with Gasteiger partial charge in [-0.3, -0.25) is 14.6 Å². The maximum atomic E-state index is 9.67. The smallest absolute Gasteiger partial charge is 0.0638 e. The van der Waals surface area contributed by atoms with E-state index in [1.807, 2.05) is 37.0 Å². The van der Waals surface area contributed by atoms with Crippen LogP contribution < -0.4 is 0 Å². The average Bonchev–Trinajstić information content (AvgIpc) is 3.03. The van der Waals surface area contributed by atoms with E-state index < -0.39 is 0 Å². The van der Waals surface area contributed by atoms with Crippen LogP contribution in [0.5, 0.6) is 0 Å². The van der Waals surface area contributed by atoms with Crippen molar-refractivity contribution in [2.45, 2.75) is 19.4 Å². The monoisotopic (exact) mass is 286 g/mol. The Morgan fingerprint density at radius 1 is 1.33 bits per heavy atom. The molecule has 1 aliphatic heterocycles. The molecule has 1 fully saturated rings. The molecule has 1 N–H and O–H groups in total. The van der Waals surface area contributed by atoms with E-state index in [0.717, 1.165) is 31.0 Å². The lowest BCUT2D eigenvalue weighted by molar-refractivity contribution is 0.213. The molecule has 0 saturated carbocycles. The number of hydrogen-bond donors (Lipinski definition) is 1. The van der Waals surface area contributed by atoms with Crippen molar-refractivity contribution < 1.29 is 5.11 Å². The minimum Gasteiger partial charge on any atom is -0.396 e. The minimum absolute atomic E-state index is 0.212. The van der Waals surface area contributed by atoms with Crippen molar-refractivity contribution in [3.8, 4) is 0 Å². The predicted molar refractivity (Wildman–Crippen MR) is 80.8 cm³/mol. The van der Waals surface area contributed by atoms with Crippen LogP contribution in [0.3, 0.4) is 0 Å². The number of nitrogens with zero attached hydrogens (tertiary/aromatic N) is 4. The van der Waals surface area contributed by atoms with Crippen molar-refractivity contribution in [1.29, 1.82) is 0 Å². The predicted octanol–water partition coefficient (Wildman–Crippen LogP) is 1.33. The third-order valence-corrected chi connectivity index (χ3v) is 4.33. The highest BCUT2D eigenvalue weighted by molar-refractivity contribution is 5.18. The van der Waals surface area contributed by atoms with Crippen LogP contribution >= 0.6 is 0 Å². The molecule has 5 heteroatoms. The molecule has 0 radical (unpaired) electrons. The molecule has 2 atom stereocenters. The van der Waals surface area contributed by atoms with Gasteiger partial charge in [-0.2, -0.15) is 5.10 Å². The Hall–Kier alpha value is -1.72. The van der Waals surface area contributed by atoms with Crippen molar-refractivity contribution in [3.05, 3.63) is 47.5 Å². The van der Waals surface area contributed by atoms with Crippen molar-refractivity contribution in [3.63, 3.8) is 0 Å². The number of aliphatic hydroxyl groups is 1. The third-order valence-electron chi connectivity index (χ3n) is 4.33. The van der Waals surface area contributed by atoms with E-state index in [2.05, 4.69) is 27.2 Å². The van der Waals surface area contributed by atoms with Gasteiger partial charge in [0.2, 0.25) is 0 Å². The summed E-state index contributed by atoms with van der Waals surface area (Å²) in [5.74, 6) is 0.574. The molecule has 112 valence electrons. The molecule has 0 amide bonds. The van der Waals surface area contributed by atoms with Crippen LogP contribution in [0.25, 0.3) is 0 Å². The van der Waals surface area contributed by atoms with E-state index in [9.17, 15) is 5.11 Å². The second-order valence-electron chi connectivity index (χ2n) is 5.91. The zero-order chi connectivity index (χ0) is 14.8. The Morgan fingerprint density at radius 3 is 2.81 bits per heavy atom.